The maximum Gasteiger partial charge on any atom is 0.329 e. The van der Waals surface area contributed by atoms with Crippen LogP contribution in [0.3, 0.4) is 0 Å². The van der Waals surface area contributed by atoms with Gasteiger partial charge in [-0.2, -0.15) is 0 Å². The van der Waals surface area contributed by atoms with Gasteiger partial charge >= 0.3 is 5.97 Å². The zero-order valence-electron chi connectivity index (χ0n) is 49.5. The lowest BCUT2D eigenvalue weighted by Crippen LogP contribution is -2.61. The summed E-state index contributed by atoms with van der Waals surface area (Å²) in [5.74, 6) is -12.1. The lowest BCUT2D eigenvalue weighted by molar-refractivity contribution is -0.265. The normalized spacial score (nSPS) is 40.8. The second-order valence-corrected chi connectivity index (χ2v) is 19.6. The Kier molecular flexibility index (Phi) is 18.4. The fourth-order valence-corrected chi connectivity index (χ4v) is 10.0. The number of Topliss-reactive ketones (excluding diaryl/α,β-unsaturated/α-hetero) is 2. The van der Waals surface area contributed by atoms with E-state index < -0.39 is 117 Å². The van der Waals surface area contributed by atoms with E-state index in [-0.39, 0.29) is 68.1 Å². The summed E-state index contributed by atoms with van der Waals surface area (Å²) >= 11 is 0. The van der Waals surface area contributed by atoms with Crippen LogP contribution in [0.4, 0.5) is 0 Å². The Balaban J connectivity index is 1.83. The number of aliphatic hydroxyl groups excluding tert-OH is 2. The van der Waals surface area contributed by atoms with Gasteiger partial charge in [0.15, 0.2) is 0 Å². The van der Waals surface area contributed by atoms with E-state index in [0.29, 0.717) is 56.1 Å². The van der Waals surface area contributed by atoms with Crippen molar-refractivity contribution < 1.29 is 73.9 Å². The molecule has 0 aromatic rings. The topological polar surface area (TPSA) is 188 Å². The zero-order valence-corrected chi connectivity index (χ0v) is 41.5. The van der Waals surface area contributed by atoms with Gasteiger partial charge in [-0.15, -0.1) is 0 Å². The molecule has 3 fully saturated rings. The van der Waals surface area contributed by atoms with Crippen LogP contribution in [-0.2, 0) is 47.6 Å². The predicted octanol–water partition coefficient (Wildman–Crippen LogP) is 7.18. The number of hydrogen-bond acceptors (Lipinski definition) is 13. The number of ketones is 2. The largest absolute Gasteiger partial charge is 0.460 e. The van der Waals surface area contributed by atoms with Crippen LogP contribution in [0.1, 0.15) is 136 Å². The van der Waals surface area contributed by atoms with Crippen LogP contribution < -0.4 is 0 Å². The number of carbonyl (C=O) groups is 4. The highest BCUT2D eigenvalue weighted by molar-refractivity contribution is 6.39. The smallest absolute Gasteiger partial charge is 0.329 e. The van der Waals surface area contributed by atoms with E-state index in [2.05, 4.69) is 6.58 Å². The summed E-state index contributed by atoms with van der Waals surface area (Å²) in [6.07, 6.45) is 2.86. The Hall–Kier alpha value is -3.34. The second kappa shape index (κ2) is 27.3. The van der Waals surface area contributed by atoms with Gasteiger partial charge in [0.2, 0.25) is 5.79 Å². The Bertz CT molecular complexity index is 2110. The number of allylic oxidation sites excluding steroid dienone is 6. The van der Waals surface area contributed by atoms with Gasteiger partial charge in [0.1, 0.15) is 30.1 Å². The fraction of sp³-hybridized carbons (Fsp3) is 0.741. The first kappa shape index (κ1) is 45.8. The molecule has 0 aromatic carbocycles. The highest BCUT2D eigenvalue weighted by Crippen LogP contribution is 2.38. The number of methoxy groups -OCH3 is 3. The Morgan fingerprint density at radius 2 is 1.74 bits per heavy atom. The predicted molar refractivity (Wildman–Crippen MR) is 260 cm³/mol. The molecule has 2 saturated heterocycles. The van der Waals surface area contributed by atoms with Crippen molar-refractivity contribution in [3.05, 3.63) is 59.8 Å². The lowest BCUT2D eigenvalue weighted by atomic mass is 9.78. The number of hydrogen-bond donors (Lipinski definition) is 3. The summed E-state index contributed by atoms with van der Waals surface area (Å²) in [4.78, 5) is 59.2. The van der Waals surface area contributed by atoms with Crippen molar-refractivity contribution in [2.45, 2.75) is 180 Å². The number of carbonyl (C=O) groups excluding carboxylic acids is 4. The molecule has 4 rings (SSSR count). The van der Waals surface area contributed by atoms with Crippen LogP contribution >= 0.6 is 0 Å². The second-order valence-electron chi connectivity index (χ2n) is 19.6. The minimum atomic E-state index is -3.08. The number of amides is 1. The standard InChI is InChI=1S/C54H85NO13/c1-33-17-13-12-14-18-34(2)46(63-9)31-42-22-20-39(7)54(62,68-42)51(59)52(60)55-24-16-15-19-43(55)53(61)67-47(37(5)29-41-21-23-45(66-26-25-56)48(30-41)64-10)32-44(57)36(4)28-38(6)49(58)50(65-11)40(8)35(3)27-33/h12-14,17-18,28,33,35-37,39,41-43,45-50,56,58,62H,8,15-16,19-27,29-32H2,1-7,9-11H3/b14-12?,17-13+,34-18?,38-28+/t33-,35-,36-,37-,39-,41+,42+,43+,45-,46+,47+,48-,49-,50+,54-/m1/s1/i4D3,9D3,20D2. The molecular formula is C54H85NO13. The monoisotopic (exact) mass is 964 g/mol. The van der Waals surface area contributed by atoms with Gasteiger partial charge in [0.05, 0.1) is 41.7 Å². The number of aliphatic hydroxyl groups is 3. The molecule has 0 unspecified atom stereocenters. The van der Waals surface area contributed by atoms with Crippen LogP contribution in [0.15, 0.2) is 59.8 Å². The molecular weight excluding hydrogens is 871 g/mol. The molecule has 1 amide bonds. The summed E-state index contributed by atoms with van der Waals surface area (Å²) in [6.45, 7) is 11.1. The Morgan fingerprint density at radius 1 is 0.971 bits per heavy atom. The molecule has 68 heavy (non-hydrogen) atoms. The van der Waals surface area contributed by atoms with Crippen LogP contribution in [0, 0.1) is 35.5 Å². The SMILES string of the molecule is [2H]C([2H])([2H])O[C@H]1C[C@@H]2CC([2H])([2H])[C@@H](C)[C@@](O)(O2)C(=O)C(=O)N2CCCC[C@H]2C(=O)O[C@H]([C@H](C)C[C@@H]2CC[C@@H](OCCO)[C@H](OC)C2)CC(=O)[C@H](C([2H])([2H])[2H])/C=C(\C)[C@@H](O)[C@@H](OC)C(=C)[C@H](C)C[C@H](C)/C=C/C=CC=C1C. The first-order valence-corrected chi connectivity index (χ1v) is 24.4. The fourth-order valence-electron chi connectivity index (χ4n) is 10.0. The number of ether oxygens (including phenoxy) is 6. The molecule has 3 aliphatic heterocycles. The molecule has 0 radical (unpaired) electrons. The maximum absolute atomic E-state index is 14.6. The molecule has 1 aliphatic carbocycles. The van der Waals surface area contributed by atoms with Gasteiger partial charge in [0.25, 0.3) is 11.7 Å². The molecule has 2 bridgehead atoms. The first-order valence-electron chi connectivity index (χ1n) is 28.4. The maximum atomic E-state index is 14.6. The average molecular weight is 964 g/mol. The third kappa shape index (κ3) is 15.3. The lowest BCUT2D eigenvalue weighted by Gasteiger charge is -2.42. The molecule has 4 aliphatic rings. The van der Waals surface area contributed by atoms with Gasteiger partial charge in [-0.05, 0) is 118 Å². The van der Waals surface area contributed by atoms with E-state index in [1.807, 2.05) is 19.9 Å². The van der Waals surface area contributed by atoms with Crippen LogP contribution in [0.5, 0.6) is 0 Å². The molecule has 0 spiro atoms. The van der Waals surface area contributed by atoms with Crippen LogP contribution in [-0.4, -0.2) is 139 Å². The first-order chi connectivity index (χ1) is 35.4. The van der Waals surface area contributed by atoms with E-state index in [1.165, 1.54) is 27.0 Å². The van der Waals surface area contributed by atoms with E-state index in [1.54, 1.807) is 45.3 Å². The quantitative estimate of drug-likeness (QED) is 0.120. The summed E-state index contributed by atoms with van der Waals surface area (Å²) in [5.41, 5.74) is 1.07. The summed E-state index contributed by atoms with van der Waals surface area (Å²) in [7, 11) is 0.0337. The van der Waals surface area contributed by atoms with Gasteiger partial charge < -0.3 is 48.6 Å². The minimum absolute atomic E-state index is 0.00373. The molecule has 14 nitrogen and oxygen atoms in total. The van der Waals surface area contributed by atoms with Crippen molar-refractivity contribution in [1.29, 1.82) is 0 Å². The Labute approximate surface area is 417 Å². The van der Waals surface area contributed by atoms with Gasteiger partial charge in [-0.25, -0.2) is 4.79 Å². The minimum Gasteiger partial charge on any atom is -0.460 e. The van der Waals surface area contributed by atoms with E-state index in [9.17, 15) is 34.5 Å². The third-order valence-corrected chi connectivity index (χ3v) is 14.4. The molecule has 3 heterocycles. The van der Waals surface area contributed by atoms with Crippen LogP contribution in [0.2, 0.25) is 0 Å². The number of fused-ring (bicyclic) bond motifs is 3. The number of nitrogens with zero attached hydrogens (tertiary/aromatic N) is 1. The van der Waals surface area contributed by atoms with Crippen molar-refractivity contribution in [3.63, 3.8) is 0 Å². The van der Waals surface area contributed by atoms with Crippen molar-refractivity contribution >= 4 is 23.4 Å². The molecule has 1 saturated carbocycles. The number of esters is 1. The van der Waals surface area contributed by atoms with Crippen molar-refractivity contribution in [2.24, 2.45) is 35.5 Å². The summed E-state index contributed by atoms with van der Waals surface area (Å²) in [5, 5.41) is 33.3. The van der Waals surface area contributed by atoms with Gasteiger partial charge in [-0.3, -0.25) is 14.4 Å². The molecule has 0 aromatic heterocycles. The number of rotatable bonds is 9. The van der Waals surface area contributed by atoms with Gasteiger partial charge in [0, 0.05) is 59.3 Å². The molecule has 384 valence electrons. The highest BCUT2D eigenvalue weighted by atomic mass is 16.6. The number of cyclic esters (lactones) is 1. The van der Waals surface area contributed by atoms with Crippen molar-refractivity contribution in [2.75, 3.05) is 41.0 Å². The Morgan fingerprint density at radius 3 is 2.43 bits per heavy atom. The highest BCUT2D eigenvalue weighted by Gasteiger charge is 2.53. The van der Waals surface area contributed by atoms with Crippen molar-refractivity contribution in [1.82, 2.24) is 4.90 Å². The molecule has 3 N–H and O–H groups in total. The molecule has 14 heteroatoms. The number of piperidine rings is 1. The zero-order chi connectivity index (χ0) is 57.1. The third-order valence-electron chi connectivity index (χ3n) is 14.4. The van der Waals surface area contributed by atoms with E-state index in [4.69, 9.17) is 39.4 Å². The summed E-state index contributed by atoms with van der Waals surface area (Å²) in [6, 6.07) is -1.43. The molecule has 15 atom stereocenters. The van der Waals surface area contributed by atoms with Gasteiger partial charge in [-0.1, -0.05) is 77.6 Å². The van der Waals surface area contributed by atoms with E-state index >= 15 is 0 Å². The van der Waals surface area contributed by atoms with E-state index in [0.717, 1.165) is 4.90 Å². The van der Waals surface area contributed by atoms with Crippen molar-refractivity contribution in [3.8, 4) is 0 Å². The summed E-state index contributed by atoms with van der Waals surface area (Å²) < 4.78 is 102. The van der Waals surface area contributed by atoms with Crippen LogP contribution in [0.25, 0.3) is 0 Å². The average Bonchev–Trinajstić information content (AvgIpc) is 3.34.